The highest BCUT2D eigenvalue weighted by atomic mass is 16.1. The van der Waals surface area contributed by atoms with Crippen LogP contribution < -0.4 is 0 Å². The van der Waals surface area contributed by atoms with Gasteiger partial charge in [0.2, 0.25) is 0 Å². The fraction of sp³-hybridized carbons (Fsp3) is 0.667. The zero-order valence-electron chi connectivity index (χ0n) is 7.52. The Hall–Kier alpha value is -1.19. The van der Waals surface area contributed by atoms with E-state index in [0.717, 1.165) is 19.3 Å². The maximum Gasteiger partial charge on any atom is 0.137 e. The second-order valence-corrected chi connectivity index (χ2v) is 3.53. The molecule has 0 N–H and O–H groups in total. The maximum absolute atomic E-state index is 11.5. The van der Waals surface area contributed by atoms with Crippen LogP contribution in [0.4, 0.5) is 0 Å². The van der Waals surface area contributed by atoms with Crippen molar-refractivity contribution in [2.75, 3.05) is 0 Å². The van der Waals surface area contributed by atoms with Gasteiger partial charge in [-0.25, -0.2) is 4.98 Å². The molecule has 1 aliphatic carbocycles. The molecule has 2 rings (SSSR count). The minimum absolute atomic E-state index is 0.176. The molecule has 4 nitrogen and oxygen atoms in total. The summed E-state index contributed by atoms with van der Waals surface area (Å²) in [7, 11) is 0. The number of carbonyl (C=O) groups is 1. The monoisotopic (exact) mass is 179 g/mol. The first kappa shape index (κ1) is 8.41. The van der Waals surface area contributed by atoms with Gasteiger partial charge < -0.3 is 0 Å². The molecule has 0 unspecified atom stereocenters. The molecule has 0 bridgehead atoms. The first-order valence-corrected chi connectivity index (χ1v) is 4.71. The highest BCUT2D eigenvalue weighted by Gasteiger charge is 2.22. The summed E-state index contributed by atoms with van der Waals surface area (Å²) in [4.78, 5) is 15.3. The van der Waals surface area contributed by atoms with Gasteiger partial charge in [0.15, 0.2) is 0 Å². The Morgan fingerprint density at radius 2 is 2.46 bits per heavy atom. The summed E-state index contributed by atoms with van der Waals surface area (Å²) in [6.07, 6.45) is 7.17. The van der Waals surface area contributed by atoms with Gasteiger partial charge in [-0.3, -0.25) is 9.48 Å². The van der Waals surface area contributed by atoms with Gasteiger partial charge in [-0.15, -0.1) is 0 Å². The van der Waals surface area contributed by atoms with E-state index in [1.165, 1.54) is 12.7 Å². The van der Waals surface area contributed by atoms with E-state index < -0.39 is 0 Å². The fourth-order valence-electron chi connectivity index (χ4n) is 1.80. The van der Waals surface area contributed by atoms with Crippen molar-refractivity contribution in [1.29, 1.82) is 0 Å². The SMILES string of the molecule is O=C1CCCC[C@@H]1Cn1cncn1. The first-order valence-electron chi connectivity index (χ1n) is 4.71. The largest absolute Gasteiger partial charge is 0.299 e. The van der Waals surface area contributed by atoms with Crippen LogP contribution in [-0.4, -0.2) is 20.5 Å². The van der Waals surface area contributed by atoms with Crippen molar-refractivity contribution in [3.63, 3.8) is 0 Å². The van der Waals surface area contributed by atoms with E-state index in [0.29, 0.717) is 12.3 Å². The second-order valence-electron chi connectivity index (χ2n) is 3.53. The summed E-state index contributed by atoms with van der Waals surface area (Å²) in [5, 5.41) is 4.00. The highest BCUT2D eigenvalue weighted by Crippen LogP contribution is 2.21. The third-order valence-corrected chi connectivity index (χ3v) is 2.56. The summed E-state index contributed by atoms with van der Waals surface area (Å²) >= 11 is 0. The molecule has 0 spiro atoms. The Labute approximate surface area is 77.0 Å². The summed E-state index contributed by atoms with van der Waals surface area (Å²) in [5.41, 5.74) is 0. The molecular weight excluding hydrogens is 166 g/mol. The summed E-state index contributed by atoms with van der Waals surface area (Å²) in [6, 6.07) is 0. The van der Waals surface area contributed by atoms with E-state index in [9.17, 15) is 4.79 Å². The van der Waals surface area contributed by atoms with E-state index in [1.54, 1.807) is 11.0 Å². The zero-order valence-corrected chi connectivity index (χ0v) is 7.52. The maximum atomic E-state index is 11.5. The van der Waals surface area contributed by atoms with Crippen molar-refractivity contribution in [2.45, 2.75) is 32.2 Å². The summed E-state index contributed by atoms with van der Waals surface area (Å²) < 4.78 is 1.74. The van der Waals surface area contributed by atoms with Crippen molar-refractivity contribution in [3.8, 4) is 0 Å². The van der Waals surface area contributed by atoms with Gasteiger partial charge in [0.25, 0.3) is 0 Å². The lowest BCUT2D eigenvalue weighted by Gasteiger charge is -2.19. The van der Waals surface area contributed by atoms with Crippen molar-refractivity contribution in [3.05, 3.63) is 12.7 Å². The molecule has 1 atom stereocenters. The van der Waals surface area contributed by atoms with Crippen LogP contribution in [0, 0.1) is 5.92 Å². The Kier molecular flexibility index (Phi) is 2.38. The molecule has 4 heteroatoms. The van der Waals surface area contributed by atoms with E-state index in [2.05, 4.69) is 10.1 Å². The lowest BCUT2D eigenvalue weighted by Crippen LogP contribution is -2.24. The van der Waals surface area contributed by atoms with Crippen LogP contribution in [0.1, 0.15) is 25.7 Å². The van der Waals surface area contributed by atoms with Crippen LogP contribution in [0.2, 0.25) is 0 Å². The number of aromatic nitrogens is 3. The molecular formula is C9H13N3O. The van der Waals surface area contributed by atoms with Crippen LogP contribution in [0.25, 0.3) is 0 Å². The Balaban J connectivity index is 1.97. The molecule has 0 aromatic carbocycles. The van der Waals surface area contributed by atoms with Gasteiger partial charge >= 0.3 is 0 Å². The van der Waals surface area contributed by atoms with E-state index in [1.807, 2.05) is 0 Å². The Bertz CT molecular complexity index is 281. The predicted molar refractivity (Wildman–Crippen MR) is 47.0 cm³/mol. The molecule has 13 heavy (non-hydrogen) atoms. The number of nitrogens with zero attached hydrogens (tertiary/aromatic N) is 3. The number of carbonyl (C=O) groups excluding carboxylic acids is 1. The molecule has 70 valence electrons. The standard InChI is InChI=1S/C9H13N3O/c13-9-4-2-1-3-8(9)5-12-7-10-6-11-12/h6-8H,1-5H2/t8-/m1/s1. The normalized spacial score (nSPS) is 23.4. The second kappa shape index (κ2) is 3.68. The predicted octanol–water partition coefficient (Wildman–Crippen LogP) is 1.04. The van der Waals surface area contributed by atoms with Crippen LogP contribution in [0.5, 0.6) is 0 Å². The molecule has 1 fully saturated rings. The molecule has 0 aliphatic heterocycles. The minimum Gasteiger partial charge on any atom is -0.299 e. The highest BCUT2D eigenvalue weighted by molar-refractivity contribution is 5.81. The van der Waals surface area contributed by atoms with Crippen LogP contribution >= 0.6 is 0 Å². The lowest BCUT2D eigenvalue weighted by molar-refractivity contribution is -0.125. The van der Waals surface area contributed by atoms with Crippen molar-refractivity contribution < 1.29 is 4.79 Å². The first-order chi connectivity index (χ1) is 6.36. The smallest absolute Gasteiger partial charge is 0.137 e. The van der Waals surface area contributed by atoms with Gasteiger partial charge in [-0.1, -0.05) is 6.42 Å². The number of rotatable bonds is 2. The van der Waals surface area contributed by atoms with Gasteiger partial charge in [0, 0.05) is 12.3 Å². The summed E-state index contributed by atoms with van der Waals surface area (Å²) in [6.45, 7) is 0.707. The zero-order chi connectivity index (χ0) is 9.10. The lowest BCUT2D eigenvalue weighted by atomic mass is 9.88. The third kappa shape index (κ3) is 1.94. The number of ketones is 1. The molecule has 1 aromatic rings. The Morgan fingerprint density at radius 3 is 3.15 bits per heavy atom. The van der Waals surface area contributed by atoms with Gasteiger partial charge in [-0.2, -0.15) is 5.10 Å². The van der Waals surface area contributed by atoms with Gasteiger partial charge in [0.1, 0.15) is 18.4 Å². The van der Waals surface area contributed by atoms with Crippen molar-refractivity contribution in [2.24, 2.45) is 5.92 Å². The van der Waals surface area contributed by atoms with E-state index >= 15 is 0 Å². The third-order valence-electron chi connectivity index (χ3n) is 2.56. The van der Waals surface area contributed by atoms with Crippen molar-refractivity contribution >= 4 is 5.78 Å². The molecule has 1 aromatic heterocycles. The van der Waals surface area contributed by atoms with E-state index in [-0.39, 0.29) is 5.92 Å². The van der Waals surface area contributed by atoms with Crippen molar-refractivity contribution in [1.82, 2.24) is 14.8 Å². The van der Waals surface area contributed by atoms with Crippen LogP contribution in [0.3, 0.4) is 0 Å². The van der Waals surface area contributed by atoms with Crippen LogP contribution in [-0.2, 0) is 11.3 Å². The van der Waals surface area contributed by atoms with Gasteiger partial charge in [-0.05, 0) is 12.8 Å². The molecule has 1 aliphatic rings. The number of Topliss-reactive ketones (excluding diaryl/α,β-unsaturated/α-hetero) is 1. The fourth-order valence-corrected chi connectivity index (χ4v) is 1.80. The quantitative estimate of drug-likeness (QED) is 0.681. The molecule has 0 radical (unpaired) electrons. The number of hydrogen-bond donors (Lipinski definition) is 0. The molecule has 1 saturated carbocycles. The van der Waals surface area contributed by atoms with Gasteiger partial charge in [0.05, 0.1) is 6.54 Å². The average Bonchev–Trinajstić information content (AvgIpc) is 2.61. The van der Waals surface area contributed by atoms with E-state index in [4.69, 9.17) is 0 Å². The topological polar surface area (TPSA) is 47.8 Å². The molecule has 0 amide bonds. The molecule has 1 heterocycles. The Morgan fingerprint density at radius 1 is 1.54 bits per heavy atom. The minimum atomic E-state index is 0.176. The van der Waals surface area contributed by atoms with Crippen LogP contribution in [0.15, 0.2) is 12.7 Å². The number of hydrogen-bond acceptors (Lipinski definition) is 3. The summed E-state index contributed by atoms with van der Waals surface area (Å²) in [5.74, 6) is 0.567. The molecule has 0 saturated heterocycles. The average molecular weight is 179 g/mol.